The molecule has 0 aromatic carbocycles. The van der Waals surface area contributed by atoms with Crippen molar-refractivity contribution in [3.05, 3.63) is 20.7 Å². The van der Waals surface area contributed by atoms with Gasteiger partial charge in [0.15, 0.2) is 0 Å². The van der Waals surface area contributed by atoms with E-state index in [1.165, 1.54) is 11.3 Å². The van der Waals surface area contributed by atoms with Crippen molar-refractivity contribution in [2.45, 2.75) is 6.54 Å². The molecule has 1 aromatic heterocycles. The molecular weight excluding hydrogens is 186 g/mol. The molecule has 72 valence electrons. The molecule has 3 N–H and O–H groups in total. The molecule has 2 rings (SSSR count). The molecule has 5 heteroatoms. The fourth-order valence-electron chi connectivity index (χ4n) is 1.30. The molecule has 1 aliphatic heterocycles. The van der Waals surface area contributed by atoms with Crippen LogP contribution in [0.3, 0.4) is 0 Å². The Morgan fingerprint density at radius 2 is 2.46 bits per heavy atom. The Labute approximate surface area is 80.4 Å². The molecule has 0 radical (unpaired) electrons. The molecule has 0 spiro atoms. The summed E-state index contributed by atoms with van der Waals surface area (Å²) in [6.07, 6.45) is 0. The van der Waals surface area contributed by atoms with Crippen molar-refractivity contribution in [2.75, 3.05) is 19.6 Å². The van der Waals surface area contributed by atoms with Crippen molar-refractivity contribution < 1.29 is 0 Å². The second-order valence-electron chi connectivity index (χ2n) is 3.33. The minimum atomic E-state index is 0.0297. The Bertz CT molecular complexity index is 315. The monoisotopic (exact) mass is 199 g/mol. The third kappa shape index (κ3) is 2.40. The fraction of sp³-hybridized carbons (Fsp3) is 0.625. The molecular formula is C8H13N3OS. The van der Waals surface area contributed by atoms with Crippen molar-refractivity contribution >= 4 is 11.3 Å². The predicted molar refractivity (Wildman–Crippen MR) is 53.0 cm³/mol. The zero-order valence-electron chi connectivity index (χ0n) is 7.30. The van der Waals surface area contributed by atoms with E-state index in [-0.39, 0.29) is 4.87 Å². The fourth-order valence-corrected chi connectivity index (χ4v) is 1.89. The lowest BCUT2D eigenvalue weighted by atomic mass is 10.0. The van der Waals surface area contributed by atoms with Crippen LogP contribution in [0.1, 0.15) is 5.69 Å². The van der Waals surface area contributed by atoms with Crippen LogP contribution in [0, 0.1) is 5.92 Å². The SMILES string of the molecule is O=c1[nH]c(CNCC2CNC2)cs1. The third-order valence-corrected chi connectivity index (χ3v) is 2.90. The van der Waals surface area contributed by atoms with Crippen LogP contribution in [0.4, 0.5) is 0 Å². The maximum atomic E-state index is 10.8. The Morgan fingerprint density at radius 1 is 1.62 bits per heavy atom. The van der Waals surface area contributed by atoms with Crippen molar-refractivity contribution in [2.24, 2.45) is 5.92 Å². The topological polar surface area (TPSA) is 56.9 Å². The van der Waals surface area contributed by atoms with Gasteiger partial charge in [0.25, 0.3) is 0 Å². The van der Waals surface area contributed by atoms with Gasteiger partial charge in [0.1, 0.15) is 0 Å². The van der Waals surface area contributed by atoms with Gasteiger partial charge in [0, 0.05) is 37.3 Å². The third-order valence-electron chi connectivity index (χ3n) is 2.19. The van der Waals surface area contributed by atoms with Crippen LogP contribution in [-0.2, 0) is 6.54 Å². The van der Waals surface area contributed by atoms with Gasteiger partial charge >= 0.3 is 4.87 Å². The molecule has 0 amide bonds. The van der Waals surface area contributed by atoms with E-state index in [2.05, 4.69) is 15.6 Å². The molecule has 2 heterocycles. The Balaban J connectivity index is 1.70. The van der Waals surface area contributed by atoms with Crippen LogP contribution >= 0.6 is 11.3 Å². The molecule has 1 aliphatic rings. The van der Waals surface area contributed by atoms with Gasteiger partial charge in [-0.05, 0) is 5.92 Å². The molecule has 0 bridgehead atoms. The number of aromatic nitrogens is 1. The summed E-state index contributed by atoms with van der Waals surface area (Å²) < 4.78 is 0. The van der Waals surface area contributed by atoms with E-state index in [0.717, 1.165) is 37.8 Å². The number of H-pyrrole nitrogens is 1. The number of thiazole rings is 1. The van der Waals surface area contributed by atoms with Crippen LogP contribution < -0.4 is 15.5 Å². The van der Waals surface area contributed by atoms with Crippen LogP contribution in [0.5, 0.6) is 0 Å². The molecule has 0 unspecified atom stereocenters. The highest BCUT2D eigenvalue weighted by atomic mass is 32.1. The van der Waals surface area contributed by atoms with E-state index < -0.39 is 0 Å². The molecule has 0 atom stereocenters. The summed E-state index contributed by atoms with van der Waals surface area (Å²) >= 11 is 1.22. The summed E-state index contributed by atoms with van der Waals surface area (Å²) in [5.41, 5.74) is 0.988. The van der Waals surface area contributed by atoms with E-state index >= 15 is 0 Å². The molecule has 1 fully saturated rings. The smallest absolute Gasteiger partial charge is 0.304 e. The minimum Gasteiger partial charge on any atom is -0.316 e. The standard InChI is InChI=1S/C8H13N3OS/c12-8-11-7(5-13-8)4-10-3-6-1-9-2-6/h5-6,9-10H,1-4H2,(H,11,12). The first-order valence-corrected chi connectivity index (χ1v) is 5.30. The average molecular weight is 199 g/mol. The number of hydrogen-bond donors (Lipinski definition) is 3. The Morgan fingerprint density at radius 3 is 3.00 bits per heavy atom. The van der Waals surface area contributed by atoms with Gasteiger partial charge in [0.05, 0.1) is 0 Å². The largest absolute Gasteiger partial charge is 0.316 e. The lowest BCUT2D eigenvalue weighted by Gasteiger charge is -2.27. The van der Waals surface area contributed by atoms with Crippen LogP contribution in [0.25, 0.3) is 0 Å². The van der Waals surface area contributed by atoms with E-state index in [4.69, 9.17) is 0 Å². The minimum absolute atomic E-state index is 0.0297. The quantitative estimate of drug-likeness (QED) is 0.626. The zero-order chi connectivity index (χ0) is 9.10. The molecule has 4 nitrogen and oxygen atoms in total. The highest BCUT2D eigenvalue weighted by Crippen LogP contribution is 2.01. The molecule has 13 heavy (non-hydrogen) atoms. The summed E-state index contributed by atoms with van der Waals surface area (Å²) in [6, 6.07) is 0. The van der Waals surface area contributed by atoms with E-state index in [0.29, 0.717) is 0 Å². The van der Waals surface area contributed by atoms with Gasteiger partial charge < -0.3 is 15.6 Å². The van der Waals surface area contributed by atoms with E-state index in [1.807, 2.05) is 5.38 Å². The first-order valence-electron chi connectivity index (χ1n) is 4.43. The van der Waals surface area contributed by atoms with Gasteiger partial charge in [-0.25, -0.2) is 0 Å². The van der Waals surface area contributed by atoms with E-state index in [1.54, 1.807) is 0 Å². The van der Waals surface area contributed by atoms with Gasteiger partial charge in [-0.3, -0.25) is 4.79 Å². The first-order chi connectivity index (χ1) is 6.34. The van der Waals surface area contributed by atoms with Gasteiger partial charge in [-0.1, -0.05) is 11.3 Å². The summed E-state index contributed by atoms with van der Waals surface area (Å²) in [5, 5.41) is 8.40. The number of nitrogens with one attached hydrogen (secondary N) is 3. The predicted octanol–water partition coefficient (Wildman–Crippen LogP) is -0.255. The summed E-state index contributed by atoms with van der Waals surface area (Å²) in [7, 11) is 0. The molecule has 1 saturated heterocycles. The number of rotatable bonds is 4. The summed E-state index contributed by atoms with van der Waals surface area (Å²) in [5.74, 6) is 0.769. The first kappa shape index (κ1) is 8.93. The molecule has 1 aromatic rings. The maximum Gasteiger partial charge on any atom is 0.304 e. The average Bonchev–Trinajstić information content (AvgIpc) is 2.42. The molecule has 0 aliphatic carbocycles. The lowest BCUT2D eigenvalue weighted by Crippen LogP contribution is -2.47. The van der Waals surface area contributed by atoms with Crippen LogP contribution in [-0.4, -0.2) is 24.6 Å². The van der Waals surface area contributed by atoms with Gasteiger partial charge in [0.2, 0.25) is 0 Å². The highest BCUT2D eigenvalue weighted by Gasteiger charge is 2.15. The second kappa shape index (κ2) is 4.04. The van der Waals surface area contributed by atoms with E-state index in [9.17, 15) is 4.79 Å². The highest BCUT2D eigenvalue weighted by molar-refractivity contribution is 7.07. The Hall–Kier alpha value is -0.650. The maximum absolute atomic E-state index is 10.8. The van der Waals surface area contributed by atoms with Crippen molar-refractivity contribution in [1.82, 2.24) is 15.6 Å². The molecule has 0 saturated carbocycles. The van der Waals surface area contributed by atoms with Crippen LogP contribution in [0.2, 0.25) is 0 Å². The van der Waals surface area contributed by atoms with Crippen molar-refractivity contribution in [3.63, 3.8) is 0 Å². The summed E-state index contributed by atoms with van der Waals surface area (Å²) in [4.78, 5) is 13.6. The van der Waals surface area contributed by atoms with Gasteiger partial charge in [-0.15, -0.1) is 0 Å². The van der Waals surface area contributed by atoms with Crippen LogP contribution in [0.15, 0.2) is 10.2 Å². The number of aromatic amines is 1. The zero-order valence-corrected chi connectivity index (χ0v) is 8.12. The van der Waals surface area contributed by atoms with Crippen molar-refractivity contribution in [3.8, 4) is 0 Å². The Kier molecular flexibility index (Phi) is 2.77. The lowest BCUT2D eigenvalue weighted by molar-refractivity contribution is 0.331. The van der Waals surface area contributed by atoms with Gasteiger partial charge in [-0.2, -0.15) is 0 Å². The van der Waals surface area contributed by atoms with Crippen molar-refractivity contribution in [1.29, 1.82) is 0 Å². The number of hydrogen-bond acceptors (Lipinski definition) is 4. The summed E-state index contributed by atoms with van der Waals surface area (Å²) in [6.45, 7) is 4.04. The normalized spacial score (nSPS) is 17.2. The second-order valence-corrected chi connectivity index (χ2v) is 4.17.